The maximum Gasteiger partial charge on any atom is 0.416 e. The number of anilines is 1. The Morgan fingerprint density at radius 3 is 2.48 bits per heavy atom. The fourth-order valence-electron chi connectivity index (χ4n) is 2.26. The molecule has 7 heteroatoms. The van der Waals surface area contributed by atoms with Crippen LogP contribution in [-0.4, -0.2) is 19.0 Å². The van der Waals surface area contributed by atoms with Gasteiger partial charge in [-0.2, -0.15) is 13.2 Å². The summed E-state index contributed by atoms with van der Waals surface area (Å²) in [4.78, 5) is 13.2. The van der Waals surface area contributed by atoms with Gasteiger partial charge in [0, 0.05) is 28.6 Å². The first-order chi connectivity index (χ1) is 10.9. The standard InChI is InChI=1S/C16H13F3N2OS/c17-16(18,19)10-5-6-12-14(9-10)23-13-4-2-1-3-11(13)15(22)21-8-7-20-12/h1-6,9,20H,7-8H2,(H,21,22). The molecule has 1 heterocycles. The lowest BCUT2D eigenvalue weighted by Gasteiger charge is -2.18. The summed E-state index contributed by atoms with van der Waals surface area (Å²) in [5.74, 6) is -0.231. The van der Waals surface area contributed by atoms with Gasteiger partial charge in [-0.25, -0.2) is 0 Å². The molecule has 1 aliphatic heterocycles. The second-order valence-electron chi connectivity index (χ2n) is 4.99. The molecule has 3 rings (SSSR count). The first-order valence-electron chi connectivity index (χ1n) is 6.95. The molecule has 0 saturated carbocycles. The van der Waals surface area contributed by atoms with Gasteiger partial charge < -0.3 is 10.6 Å². The highest BCUT2D eigenvalue weighted by Gasteiger charge is 2.31. The molecule has 0 aromatic heterocycles. The summed E-state index contributed by atoms with van der Waals surface area (Å²) in [6, 6.07) is 10.5. The van der Waals surface area contributed by atoms with E-state index in [9.17, 15) is 18.0 Å². The minimum atomic E-state index is -4.40. The second kappa shape index (κ2) is 6.16. The highest BCUT2D eigenvalue weighted by atomic mass is 32.2. The maximum absolute atomic E-state index is 12.9. The molecule has 23 heavy (non-hydrogen) atoms. The number of rotatable bonds is 0. The average Bonchev–Trinajstić information content (AvgIpc) is 2.51. The Morgan fingerprint density at radius 2 is 1.70 bits per heavy atom. The summed E-state index contributed by atoms with van der Waals surface area (Å²) in [6.45, 7) is 0.825. The van der Waals surface area contributed by atoms with Gasteiger partial charge in [0.15, 0.2) is 0 Å². The van der Waals surface area contributed by atoms with Crippen LogP contribution in [0, 0.1) is 0 Å². The zero-order valence-electron chi connectivity index (χ0n) is 11.9. The van der Waals surface area contributed by atoms with E-state index in [0.29, 0.717) is 34.1 Å². The van der Waals surface area contributed by atoms with Crippen LogP contribution in [0.1, 0.15) is 15.9 Å². The van der Waals surface area contributed by atoms with E-state index in [2.05, 4.69) is 10.6 Å². The van der Waals surface area contributed by atoms with Gasteiger partial charge in [-0.3, -0.25) is 4.79 Å². The second-order valence-corrected chi connectivity index (χ2v) is 6.07. The molecule has 2 aromatic carbocycles. The highest BCUT2D eigenvalue weighted by molar-refractivity contribution is 7.99. The molecule has 0 atom stereocenters. The topological polar surface area (TPSA) is 41.1 Å². The van der Waals surface area contributed by atoms with Gasteiger partial charge in [0.25, 0.3) is 5.91 Å². The molecule has 120 valence electrons. The number of hydrogen-bond acceptors (Lipinski definition) is 3. The van der Waals surface area contributed by atoms with Crippen LogP contribution in [0.15, 0.2) is 52.3 Å². The van der Waals surface area contributed by atoms with E-state index >= 15 is 0 Å². The van der Waals surface area contributed by atoms with Crippen LogP contribution in [0.4, 0.5) is 18.9 Å². The smallest absolute Gasteiger partial charge is 0.382 e. The van der Waals surface area contributed by atoms with Crippen molar-refractivity contribution in [2.24, 2.45) is 0 Å². The van der Waals surface area contributed by atoms with Crippen molar-refractivity contribution in [1.29, 1.82) is 0 Å². The predicted octanol–water partition coefficient (Wildman–Crippen LogP) is 4.01. The van der Waals surface area contributed by atoms with Crippen LogP contribution >= 0.6 is 11.8 Å². The van der Waals surface area contributed by atoms with E-state index < -0.39 is 11.7 Å². The van der Waals surface area contributed by atoms with Gasteiger partial charge in [0.2, 0.25) is 0 Å². The largest absolute Gasteiger partial charge is 0.416 e. The van der Waals surface area contributed by atoms with Crippen LogP contribution in [0.25, 0.3) is 0 Å². The molecule has 3 nitrogen and oxygen atoms in total. The van der Waals surface area contributed by atoms with E-state index in [1.165, 1.54) is 6.07 Å². The van der Waals surface area contributed by atoms with Crippen molar-refractivity contribution in [1.82, 2.24) is 5.32 Å². The molecule has 0 saturated heterocycles. The highest BCUT2D eigenvalue weighted by Crippen LogP contribution is 2.39. The fourth-order valence-corrected chi connectivity index (χ4v) is 3.35. The van der Waals surface area contributed by atoms with E-state index in [1.54, 1.807) is 24.3 Å². The number of carbonyl (C=O) groups excluding carboxylic acids is 1. The monoisotopic (exact) mass is 338 g/mol. The third-order valence-corrected chi connectivity index (χ3v) is 4.52. The molecule has 0 spiro atoms. The van der Waals surface area contributed by atoms with Crippen molar-refractivity contribution in [2.75, 3.05) is 18.4 Å². The molecule has 2 N–H and O–H groups in total. The quantitative estimate of drug-likeness (QED) is 0.762. The van der Waals surface area contributed by atoms with Gasteiger partial charge in [0.1, 0.15) is 0 Å². The minimum absolute atomic E-state index is 0.231. The van der Waals surface area contributed by atoms with E-state index in [1.807, 2.05) is 0 Å². The molecular weight excluding hydrogens is 325 g/mol. The number of fused-ring (bicyclic) bond motifs is 2. The van der Waals surface area contributed by atoms with Crippen molar-refractivity contribution < 1.29 is 18.0 Å². The van der Waals surface area contributed by atoms with Gasteiger partial charge in [0.05, 0.1) is 11.1 Å². The number of halogens is 3. The predicted molar refractivity (Wildman–Crippen MR) is 82.8 cm³/mol. The van der Waals surface area contributed by atoms with Gasteiger partial charge in [-0.05, 0) is 30.3 Å². The Hall–Kier alpha value is -2.15. The average molecular weight is 338 g/mol. The summed E-state index contributed by atoms with van der Waals surface area (Å²) in [6.07, 6.45) is -4.40. The van der Waals surface area contributed by atoms with Crippen LogP contribution in [0.3, 0.4) is 0 Å². The van der Waals surface area contributed by atoms with Gasteiger partial charge in [-0.15, -0.1) is 0 Å². The van der Waals surface area contributed by atoms with E-state index in [4.69, 9.17) is 0 Å². The van der Waals surface area contributed by atoms with Crippen molar-refractivity contribution in [3.05, 3.63) is 53.6 Å². The Morgan fingerprint density at radius 1 is 0.957 bits per heavy atom. The van der Waals surface area contributed by atoms with Gasteiger partial charge in [-0.1, -0.05) is 23.9 Å². The normalized spacial score (nSPS) is 15.0. The Kier molecular flexibility index (Phi) is 4.21. The van der Waals surface area contributed by atoms with Crippen LogP contribution in [-0.2, 0) is 6.18 Å². The number of amides is 1. The minimum Gasteiger partial charge on any atom is -0.382 e. The van der Waals surface area contributed by atoms with Gasteiger partial charge >= 0.3 is 6.18 Å². The Balaban J connectivity index is 2.08. The maximum atomic E-state index is 12.9. The van der Waals surface area contributed by atoms with Crippen molar-refractivity contribution in [3.63, 3.8) is 0 Å². The molecule has 0 radical (unpaired) electrons. The van der Waals surface area contributed by atoms with Crippen LogP contribution in [0.2, 0.25) is 0 Å². The summed E-state index contributed by atoms with van der Waals surface area (Å²) in [5, 5.41) is 5.84. The number of carbonyl (C=O) groups is 1. The molecule has 1 amide bonds. The van der Waals surface area contributed by atoms with Crippen molar-refractivity contribution >= 4 is 23.4 Å². The SMILES string of the molecule is O=C1NCCNc2ccc(C(F)(F)F)cc2Sc2ccccc21. The molecule has 0 bridgehead atoms. The lowest BCUT2D eigenvalue weighted by Crippen LogP contribution is -2.29. The first kappa shape index (κ1) is 15.7. The third-order valence-electron chi connectivity index (χ3n) is 3.39. The lowest BCUT2D eigenvalue weighted by atomic mass is 10.2. The zero-order chi connectivity index (χ0) is 16.4. The molecule has 0 fully saturated rings. The zero-order valence-corrected chi connectivity index (χ0v) is 12.7. The van der Waals surface area contributed by atoms with E-state index in [0.717, 1.165) is 23.9 Å². The van der Waals surface area contributed by atoms with Crippen LogP contribution < -0.4 is 10.6 Å². The molecule has 0 unspecified atom stereocenters. The number of benzene rings is 2. The number of alkyl halides is 3. The number of nitrogens with one attached hydrogen (secondary N) is 2. The fraction of sp³-hybridized carbons (Fsp3) is 0.188. The lowest BCUT2D eigenvalue weighted by molar-refractivity contribution is -0.137. The number of hydrogen-bond donors (Lipinski definition) is 2. The van der Waals surface area contributed by atoms with Crippen LogP contribution in [0.5, 0.6) is 0 Å². The summed E-state index contributed by atoms with van der Waals surface area (Å²) >= 11 is 1.15. The molecule has 0 aliphatic carbocycles. The van der Waals surface area contributed by atoms with Crippen molar-refractivity contribution in [2.45, 2.75) is 16.0 Å². The summed E-state index contributed by atoms with van der Waals surface area (Å²) in [5.41, 5.74) is 0.376. The summed E-state index contributed by atoms with van der Waals surface area (Å²) < 4.78 is 38.8. The molecule has 2 aromatic rings. The van der Waals surface area contributed by atoms with E-state index in [-0.39, 0.29) is 5.91 Å². The first-order valence-corrected chi connectivity index (χ1v) is 7.77. The Labute approximate surface area is 135 Å². The molecule has 1 aliphatic rings. The Bertz CT molecular complexity index is 746. The summed E-state index contributed by atoms with van der Waals surface area (Å²) in [7, 11) is 0. The third kappa shape index (κ3) is 3.44. The van der Waals surface area contributed by atoms with Crippen molar-refractivity contribution in [3.8, 4) is 0 Å². The molecular formula is C16H13F3N2OS.